The number of rotatable bonds is 3. The minimum atomic E-state index is 0.785. The highest BCUT2D eigenvalue weighted by molar-refractivity contribution is 14.1. The monoisotopic (exact) mass is 374 g/mol. The smallest absolute Gasteiger partial charge is 0.0422 e. The molecule has 100 valence electrons. The molecule has 3 heteroatoms. The molecule has 0 atom stereocenters. The SMILES string of the molecule is Cc1ccc(NCc2cncc3ccccc23)cc1I. The number of aryl methyl sites for hydroxylation is 1. The van der Waals surface area contributed by atoms with Crippen LogP contribution in [0.5, 0.6) is 0 Å². The van der Waals surface area contributed by atoms with Crippen molar-refractivity contribution in [2.24, 2.45) is 0 Å². The summed E-state index contributed by atoms with van der Waals surface area (Å²) in [6.45, 7) is 2.91. The van der Waals surface area contributed by atoms with Gasteiger partial charge in [-0.15, -0.1) is 0 Å². The van der Waals surface area contributed by atoms with Crippen LogP contribution in [-0.2, 0) is 6.54 Å². The molecule has 3 rings (SSSR count). The van der Waals surface area contributed by atoms with Gasteiger partial charge in [0.25, 0.3) is 0 Å². The Bertz CT molecular complexity index is 748. The Morgan fingerprint density at radius 2 is 1.95 bits per heavy atom. The zero-order valence-electron chi connectivity index (χ0n) is 11.2. The lowest BCUT2D eigenvalue weighted by atomic mass is 10.1. The quantitative estimate of drug-likeness (QED) is 0.669. The third kappa shape index (κ3) is 2.77. The van der Waals surface area contributed by atoms with Gasteiger partial charge in [-0.1, -0.05) is 30.3 Å². The van der Waals surface area contributed by atoms with E-state index in [2.05, 4.69) is 76.2 Å². The van der Waals surface area contributed by atoms with E-state index in [1.165, 1.54) is 25.5 Å². The first-order valence-electron chi connectivity index (χ1n) is 6.56. The molecule has 1 N–H and O–H groups in total. The van der Waals surface area contributed by atoms with Gasteiger partial charge in [0.15, 0.2) is 0 Å². The van der Waals surface area contributed by atoms with Gasteiger partial charge in [0.2, 0.25) is 0 Å². The molecule has 0 aliphatic heterocycles. The van der Waals surface area contributed by atoms with Crippen molar-refractivity contribution in [3.63, 3.8) is 0 Å². The van der Waals surface area contributed by atoms with Crippen LogP contribution in [0.4, 0.5) is 5.69 Å². The molecule has 0 fully saturated rings. The first kappa shape index (κ1) is 13.4. The van der Waals surface area contributed by atoms with Crippen molar-refractivity contribution in [1.29, 1.82) is 0 Å². The summed E-state index contributed by atoms with van der Waals surface area (Å²) >= 11 is 2.37. The van der Waals surface area contributed by atoms with Crippen LogP contribution < -0.4 is 5.32 Å². The van der Waals surface area contributed by atoms with Crippen LogP contribution in [0.25, 0.3) is 10.8 Å². The normalized spacial score (nSPS) is 10.7. The molecule has 0 aliphatic carbocycles. The van der Waals surface area contributed by atoms with E-state index in [1.807, 2.05) is 18.5 Å². The minimum Gasteiger partial charge on any atom is -0.381 e. The maximum Gasteiger partial charge on any atom is 0.0422 e. The molecule has 2 aromatic carbocycles. The third-order valence-electron chi connectivity index (χ3n) is 3.41. The summed E-state index contributed by atoms with van der Waals surface area (Å²) in [5, 5.41) is 5.92. The van der Waals surface area contributed by atoms with Crippen LogP contribution in [0.15, 0.2) is 54.9 Å². The van der Waals surface area contributed by atoms with Crippen molar-refractivity contribution < 1.29 is 0 Å². The molecular weight excluding hydrogens is 359 g/mol. The third-order valence-corrected chi connectivity index (χ3v) is 4.57. The molecule has 0 saturated carbocycles. The lowest BCUT2D eigenvalue weighted by Crippen LogP contribution is -2.01. The van der Waals surface area contributed by atoms with Crippen molar-refractivity contribution >= 4 is 39.1 Å². The summed E-state index contributed by atoms with van der Waals surface area (Å²) in [6.07, 6.45) is 3.85. The van der Waals surface area contributed by atoms with E-state index in [4.69, 9.17) is 0 Å². The van der Waals surface area contributed by atoms with Crippen LogP contribution in [0, 0.1) is 10.5 Å². The van der Waals surface area contributed by atoms with Gasteiger partial charge < -0.3 is 5.32 Å². The van der Waals surface area contributed by atoms with Crippen molar-refractivity contribution in [3.05, 3.63) is 69.6 Å². The lowest BCUT2D eigenvalue weighted by molar-refractivity contribution is 1.13. The maximum atomic E-state index is 4.32. The minimum absolute atomic E-state index is 0.785. The number of benzene rings is 2. The van der Waals surface area contributed by atoms with Crippen molar-refractivity contribution in [2.45, 2.75) is 13.5 Å². The highest BCUT2D eigenvalue weighted by Crippen LogP contribution is 2.20. The van der Waals surface area contributed by atoms with Gasteiger partial charge >= 0.3 is 0 Å². The molecule has 3 aromatic rings. The zero-order valence-corrected chi connectivity index (χ0v) is 13.4. The molecule has 1 heterocycles. The summed E-state index contributed by atoms with van der Waals surface area (Å²) in [5.74, 6) is 0. The molecule has 2 nitrogen and oxygen atoms in total. The summed E-state index contributed by atoms with van der Waals surface area (Å²) in [5.41, 5.74) is 3.68. The molecule has 0 spiro atoms. The molecular formula is C17H15IN2. The van der Waals surface area contributed by atoms with Gasteiger partial charge in [-0.2, -0.15) is 0 Å². The predicted octanol–water partition coefficient (Wildman–Crippen LogP) is 4.76. The first-order chi connectivity index (χ1) is 9.74. The number of pyridine rings is 1. The predicted molar refractivity (Wildman–Crippen MR) is 93.0 cm³/mol. The molecule has 0 bridgehead atoms. The highest BCUT2D eigenvalue weighted by Gasteiger charge is 2.02. The van der Waals surface area contributed by atoms with E-state index < -0.39 is 0 Å². The summed E-state index contributed by atoms with van der Waals surface area (Å²) in [6, 6.07) is 14.8. The van der Waals surface area contributed by atoms with Gasteiger partial charge in [0, 0.05) is 33.6 Å². The van der Waals surface area contributed by atoms with E-state index >= 15 is 0 Å². The van der Waals surface area contributed by atoms with Crippen molar-refractivity contribution in [2.75, 3.05) is 5.32 Å². The second-order valence-corrected chi connectivity index (χ2v) is 6.00. The van der Waals surface area contributed by atoms with E-state index in [9.17, 15) is 0 Å². The summed E-state index contributed by atoms with van der Waals surface area (Å²) in [4.78, 5) is 4.32. The standard InChI is InChI=1S/C17H15IN2/c1-12-6-7-15(8-17(12)18)20-11-14-10-19-9-13-4-2-3-5-16(13)14/h2-10,20H,11H2,1H3. The van der Waals surface area contributed by atoms with Gasteiger partial charge in [-0.3, -0.25) is 4.98 Å². The second kappa shape index (κ2) is 5.79. The molecule has 0 amide bonds. The van der Waals surface area contributed by atoms with Crippen molar-refractivity contribution in [3.8, 4) is 0 Å². The largest absolute Gasteiger partial charge is 0.381 e. The van der Waals surface area contributed by atoms with Gasteiger partial charge in [-0.05, 0) is 58.2 Å². The molecule has 0 unspecified atom stereocenters. The average molecular weight is 374 g/mol. The number of hydrogen-bond acceptors (Lipinski definition) is 2. The Morgan fingerprint density at radius 1 is 1.10 bits per heavy atom. The molecule has 0 radical (unpaired) electrons. The fraction of sp³-hybridized carbons (Fsp3) is 0.118. The molecule has 20 heavy (non-hydrogen) atoms. The number of aromatic nitrogens is 1. The van der Waals surface area contributed by atoms with Crippen LogP contribution in [-0.4, -0.2) is 4.98 Å². The number of nitrogens with one attached hydrogen (secondary N) is 1. The topological polar surface area (TPSA) is 24.9 Å². The Kier molecular flexibility index (Phi) is 3.87. The molecule has 0 saturated heterocycles. The van der Waals surface area contributed by atoms with Gasteiger partial charge in [-0.25, -0.2) is 0 Å². The van der Waals surface area contributed by atoms with E-state index in [1.54, 1.807) is 0 Å². The van der Waals surface area contributed by atoms with Crippen LogP contribution in [0.3, 0.4) is 0 Å². The number of nitrogens with zero attached hydrogens (tertiary/aromatic N) is 1. The van der Waals surface area contributed by atoms with E-state index in [0.717, 1.165) is 12.2 Å². The molecule has 0 aliphatic rings. The van der Waals surface area contributed by atoms with Crippen LogP contribution in [0.2, 0.25) is 0 Å². The number of fused-ring (bicyclic) bond motifs is 1. The zero-order chi connectivity index (χ0) is 13.9. The molecule has 1 aromatic heterocycles. The Morgan fingerprint density at radius 3 is 2.80 bits per heavy atom. The summed E-state index contributed by atoms with van der Waals surface area (Å²) in [7, 11) is 0. The number of hydrogen-bond donors (Lipinski definition) is 1. The first-order valence-corrected chi connectivity index (χ1v) is 7.63. The fourth-order valence-corrected chi connectivity index (χ4v) is 2.74. The van der Waals surface area contributed by atoms with E-state index in [-0.39, 0.29) is 0 Å². The lowest BCUT2D eigenvalue weighted by Gasteiger charge is -2.10. The van der Waals surface area contributed by atoms with E-state index in [0.29, 0.717) is 0 Å². The Labute approximate surface area is 132 Å². The number of halogens is 1. The van der Waals surface area contributed by atoms with Gasteiger partial charge in [0.05, 0.1) is 0 Å². The Balaban J connectivity index is 1.85. The summed E-state index contributed by atoms with van der Waals surface area (Å²) < 4.78 is 1.28. The van der Waals surface area contributed by atoms with Crippen molar-refractivity contribution in [1.82, 2.24) is 4.98 Å². The fourth-order valence-electron chi connectivity index (χ4n) is 2.22. The number of anilines is 1. The Hall–Kier alpha value is -1.62. The van der Waals surface area contributed by atoms with Crippen LogP contribution >= 0.6 is 22.6 Å². The van der Waals surface area contributed by atoms with Gasteiger partial charge in [0.1, 0.15) is 0 Å². The highest BCUT2D eigenvalue weighted by atomic mass is 127. The average Bonchev–Trinajstić information content (AvgIpc) is 2.48. The second-order valence-electron chi connectivity index (χ2n) is 4.84. The van der Waals surface area contributed by atoms with Crippen LogP contribution in [0.1, 0.15) is 11.1 Å². The maximum absolute atomic E-state index is 4.32.